The summed E-state index contributed by atoms with van der Waals surface area (Å²) in [4.78, 5) is 22.6. The fourth-order valence-electron chi connectivity index (χ4n) is 1.96. The van der Waals surface area contributed by atoms with Gasteiger partial charge in [-0.2, -0.15) is 0 Å². The molecular formula is C11H17NO4. The molecule has 0 aromatic rings. The molecular weight excluding hydrogens is 210 g/mol. The average molecular weight is 227 g/mol. The summed E-state index contributed by atoms with van der Waals surface area (Å²) in [5.74, 6) is -0.741. The van der Waals surface area contributed by atoms with Gasteiger partial charge in [-0.05, 0) is 25.2 Å². The van der Waals surface area contributed by atoms with E-state index in [0.717, 1.165) is 19.3 Å². The number of carboxylic acids is 1. The molecule has 1 aliphatic heterocycles. The molecule has 2 aliphatic rings. The lowest BCUT2D eigenvalue weighted by Crippen LogP contribution is -2.45. The molecule has 5 heteroatoms. The first-order chi connectivity index (χ1) is 7.66. The van der Waals surface area contributed by atoms with Gasteiger partial charge in [0.25, 0.3) is 0 Å². The van der Waals surface area contributed by atoms with E-state index in [2.05, 4.69) is 5.32 Å². The monoisotopic (exact) mass is 227 g/mol. The van der Waals surface area contributed by atoms with Crippen LogP contribution in [0.25, 0.3) is 0 Å². The highest BCUT2D eigenvalue weighted by atomic mass is 16.5. The highest BCUT2D eigenvalue weighted by molar-refractivity contribution is 5.86. The maximum absolute atomic E-state index is 11.7. The van der Waals surface area contributed by atoms with Crippen molar-refractivity contribution in [2.75, 3.05) is 6.61 Å². The molecule has 0 aromatic heterocycles. The standard InChI is InChI=1S/C11H17NO4/c13-10(9-2-1-5-16-9)12-8(11(14)15)6-7-3-4-7/h7-9H,1-6H2,(H,12,13)(H,14,15)/t8-,9+/m1/s1. The molecule has 0 bridgehead atoms. The number of ether oxygens (including phenoxy) is 1. The van der Waals surface area contributed by atoms with Crippen molar-refractivity contribution >= 4 is 11.9 Å². The molecule has 16 heavy (non-hydrogen) atoms. The zero-order valence-corrected chi connectivity index (χ0v) is 9.15. The molecule has 1 saturated heterocycles. The van der Waals surface area contributed by atoms with Gasteiger partial charge >= 0.3 is 5.97 Å². The molecule has 2 N–H and O–H groups in total. The third kappa shape index (κ3) is 2.95. The number of aliphatic carboxylic acids is 1. The van der Waals surface area contributed by atoms with E-state index in [-0.39, 0.29) is 5.91 Å². The minimum absolute atomic E-state index is 0.273. The summed E-state index contributed by atoms with van der Waals surface area (Å²) in [5, 5.41) is 11.6. The van der Waals surface area contributed by atoms with Gasteiger partial charge in [-0.15, -0.1) is 0 Å². The highest BCUT2D eigenvalue weighted by Crippen LogP contribution is 2.33. The summed E-state index contributed by atoms with van der Waals surface area (Å²) < 4.78 is 5.21. The molecule has 2 fully saturated rings. The first-order valence-electron chi connectivity index (χ1n) is 5.81. The number of carbonyl (C=O) groups excluding carboxylic acids is 1. The molecule has 2 rings (SSSR count). The largest absolute Gasteiger partial charge is 0.480 e. The average Bonchev–Trinajstić information content (AvgIpc) is 2.89. The molecule has 0 radical (unpaired) electrons. The smallest absolute Gasteiger partial charge is 0.326 e. The summed E-state index contributed by atoms with van der Waals surface area (Å²) in [6.45, 7) is 0.596. The molecule has 0 unspecified atom stereocenters. The second-order valence-electron chi connectivity index (χ2n) is 4.58. The second-order valence-corrected chi connectivity index (χ2v) is 4.58. The van der Waals surface area contributed by atoms with Crippen molar-refractivity contribution in [3.63, 3.8) is 0 Å². The van der Waals surface area contributed by atoms with Crippen LogP contribution in [0.5, 0.6) is 0 Å². The van der Waals surface area contributed by atoms with Crippen LogP contribution in [0.1, 0.15) is 32.1 Å². The van der Waals surface area contributed by atoms with Gasteiger partial charge in [0.2, 0.25) is 5.91 Å². The van der Waals surface area contributed by atoms with E-state index in [4.69, 9.17) is 9.84 Å². The maximum atomic E-state index is 11.7. The Bertz CT molecular complexity index is 282. The summed E-state index contributed by atoms with van der Waals surface area (Å²) in [7, 11) is 0. The van der Waals surface area contributed by atoms with Crippen LogP contribution in [0.4, 0.5) is 0 Å². The fraction of sp³-hybridized carbons (Fsp3) is 0.818. The summed E-state index contributed by atoms with van der Waals surface area (Å²) >= 11 is 0. The SMILES string of the molecule is O=C(N[C@H](CC1CC1)C(=O)O)[C@@H]1CCCO1. The molecule has 90 valence electrons. The van der Waals surface area contributed by atoms with Crippen LogP contribution in [-0.4, -0.2) is 35.7 Å². The van der Waals surface area contributed by atoms with Gasteiger partial charge in [0.05, 0.1) is 0 Å². The van der Waals surface area contributed by atoms with E-state index in [0.29, 0.717) is 25.4 Å². The topological polar surface area (TPSA) is 75.6 Å². The summed E-state index contributed by atoms with van der Waals surface area (Å²) in [6, 6.07) is -0.746. The van der Waals surface area contributed by atoms with Crippen LogP contribution in [-0.2, 0) is 14.3 Å². The van der Waals surface area contributed by atoms with Gasteiger partial charge in [0.15, 0.2) is 0 Å². The first-order valence-corrected chi connectivity index (χ1v) is 5.81. The van der Waals surface area contributed by atoms with Crippen LogP contribution < -0.4 is 5.32 Å². The van der Waals surface area contributed by atoms with Crippen molar-refractivity contribution in [2.45, 2.75) is 44.2 Å². The number of carbonyl (C=O) groups is 2. The lowest BCUT2D eigenvalue weighted by atomic mass is 10.1. The van der Waals surface area contributed by atoms with E-state index < -0.39 is 18.1 Å². The van der Waals surface area contributed by atoms with Crippen LogP contribution in [0.2, 0.25) is 0 Å². The van der Waals surface area contributed by atoms with Gasteiger partial charge < -0.3 is 15.2 Å². The quantitative estimate of drug-likeness (QED) is 0.718. The van der Waals surface area contributed by atoms with Crippen molar-refractivity contribution < 1.29 is 19.4 Å². The highest BCUT2D eigenvalue weighted by Gasteiger charge is 2.32. The number of carboxylic acid groups (broad SMARTS) is 1. The van der Waals surface area contributed by atoms with Crippen LogP contribution in [0.15, 0.2) is 0 Å². The Labute approximate surface area is 94.2 Å². The van der Waals surface area contributed by atoms with Crippen molar-refractivity contribution in [3.05, 3.63) is 0 Å². The van der Waals surface area contributed by atoms with E-state index in [9.17, 15) is 9.59 Å². The van der Waals surface area contributed by atoms with Gasteiger partial charge in [-0.1, -0.05) is 12.8 Å². The van der Waals surface area contributed by atoms with E-state index in [1.165, 1.54) is 0 Å². The Hall–Kier alpha value is -1.10. The number of nitrogens with one attached hydrogen (secondary N) is 1. The number of rotatable bonds is 5. The summed E-state index contributed by atoms with van der Waals surface area (Å²) in [5.41, 5.74) is 0. The molecule has 1 amide bonds. The van der Waals surface area contributed by atoms with E-state index in [1.54, 1.807) is 0 Å². The predicted octanol–water partition coefficient (Wildman–Crippen LogP) is 0.535. The van der Waals surface area contributed by atoms with Gasteiger partial charge in [0, 0.05) is 6.61 Å². The van der Waals surface area contributed by atoms with E-state index >= 15 is 0 Å². The molecule has 1 aliphatic carbocycles. The fourth-order valence-corrected chi connectivity index (χ4v) is 1.96. The Morgan fingerprint density at radius 2 is 2.12 bits per heavy atom. The third-order valence-electron chi connectivity index (χ3n) is 3.10. The lowest BCUT2D eigenvalue weighted by molar-refractivity contribution is -0.143. The number of amides is 1. The Morgan fingerprint density at radius 3 is 2.62 bits per heavy atom. The minimum Gasteiger partial charge on any atom is -0.480 e. The zero-order valence-electron chi connectivity index (χ0n) is 9.15. The minimum atomic E-state index is -0.946. The van der Waals surface area contributed by atoms with Crippen molar-refractivity contribution in [2.24, 2.45) is 5.92 Å². The normalized spacial score (nSPS) is 26.4. The molecule has 5 nitrogen and oxygen atoms in total. The van der Waals surface area contributed by atoms with Gasteiger partial charge in [0.1, 0.15) is 12.1 Å². The lowest BCUT2D eigenvalue weighted by Gasteiger charge is -2.16. The van der Waals surface area contributed by atoms with Crippen molar-refractivity contribution in [1.29, 1.82) is 0 Å². The molecule has 0 aromatic carbocycles. The Balaban J connectivity index is 1.83. The molecule has 1 saturated carbocycles. The van der Waals surface area contributed by atoms with E-state index in [1.807, 2.05) is 0 Å². The predicted molar refractivity (Wildman–Crippen MR) is 55.9 cm³/mol. The first kappa shape index (κ1) is 11.4. The number of hydrogen-bond donors (Lipinski definition) is 2. The Morgan fingerprint density at radius 1 is 1.38 bits per heavy atom. The van der Waals surface area contributed by atoms with Crippen LogP contribution >= 0.6 is 0 Å². The van der Waals surface area contributed by atoms with Crippen LogP contribution in [0.3, 0.4) is 0 Å². The molecule has 1 heterocycles. The Kier molecular flexibility index (Phi) is 3.43. The molecule has 0 spiro atoms. The number of hydrogen-bond acceptors (Lipinski definition) is 3. The van der Waals surface area contributed by atoms with Gasteiger partial charge in [-0.3, -0.25) is 4.79 Å². The molecule has 2 atom stereocenters. The van der Waals surface area contributed by atoms with Gasteiger partial charge in [-0.25, -0.2) is 4.79 Å². The third-order valence-corrected chi connectivity index (χ3v) is 3.10. The maximum Gasteiger partial charge on any atom is 0.326 e. The summed E-state index contributed by atoms with van der Waals surface area (Å²) in [6.07, 6.45) is 3.84. The van der Waals surface area contributed by atoms with Crippen molar-refractivity contribution in [3.8, 4) is 0 Å². The second kappa shape index (κ2) is 4.82. The van der Waals surface area contributed by atoms with Crippen LogP contribution in [0, 0.1) is 5.92 Å². The zero-order chi connectivity index (χ0) is 11.5. The van der Waals surface area contributed by atoms with Crippen molar-refractivity contribution in [1.82, 2.24) is 5.32 Å².